The van der Waals surface area contributed by atoms with Gasteiger partial charge in [-0.25, -0.2) is 4.98 Å². The van der Waals surface area contributed by atoms with Crippen molar-refractivity contribution < 1.29 is 0 Å². The quantitative estimate of drug-likeness (QED) is 0.165. The molecule has 0 bridgehead atoms. The van der Waals surface area contributed by atoms with Gasteiger partial charge in [-0.1, -0.05) is 164 Å². The van der Waals surface area contributed by atoms with Crippen LogP contribution in [-0.4, -0.2) is 32.2 Å². The summed E-state index contributed by atoms with van der Waals surface area (Å²) in [5.74, 6) is 1.86. The van der Waals surface area contributed by atoms with Crippen LogP contribution in [0.4, 0.5) is 0 Å². The topological polar surface area (TPSA) is 48.5 Å². The molecule has 0 unspecified atom stereocenters. The summed E-state index contributed by atoms with van der Waals surface area (Å²) in [7, 11) is -2.73. The first kappa shape index (κ1) is 31.9. The molecule has 12 rings (SSSR count). The zero-order valence-corrected chi connectivity index (χ0v) is 31.8. The first-order valence-electron chi connectivity index (χ1n) is 19.4. The molecule has 0 radical (unpaired) electrons. The molecule has 0 saturated heterocycles. The number of nitrogens with zero attached hydrogens (tertiary/aromatic N) is 5. The van der Waals surface area contributed by atoms with Crippen molar-refractivity contribution in [2.45, 2.75) is 0 Å². The van der Waals surface area contributed by atoms with Crippen LogP contribution < -0.4 is 20.7 Å². The summed E-state index contributed by atoms with van der Waals surface area (Å²) in [4.78, 5) is 15.6. The summed E-state index contributed by atoms with van der Waals surface area (Å²) in [5, 5.41) is 10.3. The maximum Gasteiger partial charge on any atom is 0.238 e. The van der Waals surface area contributed by atoms with Gasteiger partial charge in [0.15, 0.2) is 19.7 Å². The maximum atomic E-state index is 5.29. The minimum atomic E-state index is -2.73. The molecule has 1 aliphatic heterocycles. The third kappa shape index (κ3) is 4.53. The van der Waals surface area contributed by atoms with Crippen LogP contribution in [0.2, 0.25) is 0 Å². The molecular formula is C51H33N5Si. The third-order valence-corrected chi connectivity index (χ3v) is 16.7. The van der Waals surface area contributed by atoms with Gasteiger partial charge in [-0.2, -0.15) is 9.97 Å². The molecule has 4 heterocycles. The van der Waals surface area contributed by atoms with Crippen LogP contribution >= 0.6 is 0 Å². The predicted molar refractivity (Wildman–Crippen MR) is 237 cm³/mol. The first-order valence-corrected chi connectivity index (χ1v) is 21.4. The molecular weight excluding hydrogens is 711 g/mol. The zero-order chi connectivity index (χ0) is 37.5. The molecule has 3 aromatic heterocycles. The lowest BCUT2D eigenvalue weighted by molar-refractivity contribution is 0.953. The fourth-order valence-corrected chi connectivity index (χ4v) is 14.6. The second kappa shape index (κ2) is 12.3. The van der Waals surface area contributed by atoms with Crippen LogP contribution in [-0.2, 0) is 0 Å². The fraction of sp³-hybridized carbons (Fsp3) is 0. The average molecular weight is 744 g/mol. The molecule has 6 heteroatoms. The van der Waals surface area contributed by atoms with Crippen molar-refractivity contribution in [2.24, 2.45) is 0 Å². The standard InChI is InChI=1S/C51H33N5Si/c1-4-17-34(18-5-1)49-52-50(54-51(53-49)56-42-26-12-10-23-38(42)39-24-11-13-27-43(39)56)35-31-32-44-41(33-35)40-25-16-30-47-48(40)55(44)45-28-14-15-29-46(45)57(47,36-19-6-2-7-20-36)37-21-8-3-9-22-37/h1-33H. The smallest absolute Gasteiger partial charge is 0.238 e. The van der Waals surface area contributed by atoms with E-state index in [0.717, 1.165) is 38.4 Å². The SMILES string of the molecule is c1ccc(-c2nc(-c3ccc4c(c3)c3cccc5c3n4-c3ccccc3[Si]5(c3ccccc3)c3ccccc3)nc(-n3c4ccccc4c4ccccc43)n2)cc1. The lowest BCUT2D eigenvalue weighted by Crippen LogP contribution is -2.76. The van der Waals surface area contributed by atoms with Crippen molar-refractivity contribution in [1.29, 1.82) is 0 Å². The number of aromatic nitrogens is 5. The number of fused-ring (bicyclic) bond motifs is 8. The fourth-order valence-electron chi connectivity index (χ4n) is 9.50. The Morgan fingerprint density at radius 2 is 0.877 bits per heavy atom. The molecule has 266 valence electrons. The van der Waals surface area contributed by atoms with Crippen molar-refractivity contribution in [2.75, 3.05) is 0 Å². The van der Waals surface area contributed by atoms with E-state index in [0.29, 0.717) is 17.6 Å². The van der Waals surface area contributed by atoms with E-state index < -0.39 is 8.07 Å². The van der Waals surface area contributed by atoms with Crippen LogP contribution in [0.5, 0.6) is 0 Å². The highest BCUT2D eigenvalue weighted by molar-refractivity contribution is 7.21. The lowest BCUT2D eigenvalue weighted by Gasteiger charge is -2.39. The molecule has 0 aliphatic carbocycles. The Morgan fingerprint density at radius 3 is 1.56 bits per heavy atom. The van der Waals surface area contributed by atoms with Gasteiger partial charge in [0.2, 0.25) is 5.95 Å². The minimum Gasteiger partial charge on any atom is -0.309 e. The largest absolute Gasteiger partial charge is 0.309 e. The molecule has 5 nitrogen and oxygen atoms in total. The van der Waals surface area contributed by atoms with Gasteiger partial charge >= 0.3 is 0 Å². The highest BCUT2D eigenvalue weighted by Crippen LogP contribution is 2.38. The van der Waals surface area contributed by atoms with Gasteiger partial charge in [0.05, 0.1) is 22.1 Å². The number of rotatable bonds is 5. The van der Waals surface area contributed by atoms with E-state index in [2.05, 4.69) is 191 Å². The van der Waals surface area contributed by atoms with Crippen LogP contribution in [0.25, 0.3) is 78.0 Å². The van der Waals surface area contributed by atoms with E-state index >= 15 is 0 Å². The van der Waals surface area contributed by atoms with Crippen molar-refractivity contribution in [3.63, 3.8) is 0 Å². The Morgan fingerprint density at radius 1 is 0.351 bits per heavy atom. The van der Waals surface area contributed by atoms with Gasteiger partial charge in [-0.05, 0) is 57.1 Å². The van der Waals surface area contributed by atoms with Crippen LogP contribution in [0, 0.1) is 0 Å². The summed E-state index contributed by atoms with van der Waals surface area (Å²) < 4.78 is 4.68. The van der Waals surface area contributed by atoms with Gasteiger partial charge < -0.3 is 4.57 Å². The molecule has 1 aliphatic rings. The zero-order valence-electron chi connectivity index (χ0n) is 30.8. The van der Waals surface area contributed by atoms with Crippen molar-refractivity contribution >= 4 is 72.4 Å². The monoisotopic (exact) mass is 743 g/mol. The molecule has 8 aromatic carbocycles. The number of para-hydroxylation sites is 4. The summed E-state index contributed by atoms with van der Waals surface area (Å²) in [6.07, 6.45) is 0. The Labute approximate surface area is 329 Å². The molecule has 0 N–H and O–H groups in total. The van der Waals surface area contributed by atoms with E-state index in [4.69, 9.17) is 15.0 Å². The Kier molecular flexibility index (Phi) is 6.88. The van der Waals surface area contributed by atoms with E-state index in [-0.39, 0.29) is 0 Å². The molecule has 57 heavy (non-hydrogen) atoms. The van der Waals surface area contributed by atoms with Gasteiger partial charge in [-0.15, -0.1) is 0 Å². The second-order valence-corrected chi connectivity index (χ2v) is 18.5. The average Bonchev–Trinajstić information content (AvgIpc) is 3.81. The van der Waals surface area contributed by atoms with E-state index in [1.807, 2.05) is 18.2 Å². The Balaban J connectivity index is 1.14. The van der Waals surface area contributed by atoms with Crippen molar-refractivity contribution in [3.8, 4) is 34.4 Å². The van der Waals surface area contributed by atoms with Crippen LogP contribution in [0.15, 0.2) is 200 Å². The van der Waals surface area contributed by atoms with Gasteiger partial charge in [0, 0.05) is 38.4 Å². The molecule has 11 aromatic rings. The Bertz CT molecular complexity index is 3260. The predicted octanol–water partition coefficient (Wildman–Crippen LogP) is 9.09. The normalized spacial score (nSPS) is 13.1. The minimum absolute atomic E-state index is 0.592. The summed E-state index contributed by atoms with van der Waals surface area (Å²) in [5.41, 5.74) is 7.67. The van der Waals surface area contributed by atoms with Crippen LogP contribution in [0.3, 0.4) is 0 Å². The third-order valence-electron chi connectivity index (χ3n) is 11.8. The number of benzene rings is 8. The van der Waals surface area contributed by atoms with Gasteiger partial charge in [-0.3, -0.25) is 4.57 Å². The maximum absolute atomic E-state index is 5.29. The number of hydrogen-bond acceptors (Lipinski definition) is 3. The van der Waals surface area contributed by atoms with Crippen molar-refractivity contribution in [1.82, 2.24) is 24.1 Å². The van der Waals surface area contributed by atoms with Crippen LogP contribution in [0.1, 0.15) is 0 Å². The molecule has 0 amide bonds. The van der Waals surface area contributed by atoms with E-state index in [1.165, 1.54) is 42.7 Å². The summed E-state index contributed by atoms with van der Waals surface area (Å²) >= 11 is 0. The highest BCUT2D eigenvalue weighted by Gasteiger charge is 2.47. The van der Waals surface area contributed by atoms with Gasteiger partial charge in [0.25, 0.3) is 0 Å². The first-order chi connectivity index (χ1) is 28.3. The van der Waals surface area contributed by atoms with E-state index in [9.17, 15) is 0 Å². The van der Waals surface area contributed by atoms with E-state index in [1.54, 1.807) is 0 Å². The second-order valence-electron chi connectivity index (χ2n) is 14.8. The van der Waals surface area contributed by atoms with Gasteiger partial charge in [0.1, 0.15) is 0 Å². The molecule has 0 spiro atoms. The number of hydrogen-bond donors (Lipinski definition) is 0. The lowest BCUT2D eigenvalue weighted by atomic mass is 10.1. The molecule has 0 saturated carbocycles. The summed E-state index contributed by atoms with van der Waals surface area (Å²) in [6, 6.07) is 72.3. The highest BCUT2D eigenvalue weighted by atomic mass is 28.3. The Hall–Kier alpha value is -7.41. The molecule has 0 atom stereocenters. The summed E-state index contributed by atoms with van der Waals surface area (Å²) in [6.45, 7) is 0. The van der Waals surface area contributed by atoms with Crippen molar-refractivity contribution in [3.05, 3.63) is 200 Å². The molecule has 0 fully saturated rings.